The first-order valence-electron chi connectivity index (χ1n) is 7.41. The Labute approximate surface area is 121 Å². The fourth-order valence-corrected chi connectivity index (χ4v) is 1.71. The molecule has 19 heavy (non-hydrogen) atoms. The van der Waals surface area contributed by atoms with Crippen LogP contribution in [-0.2, 0) is 14.2 Å². The van der Waals surface area contributed by atoms with Gasteiger partial charge in [0.05, 0.1) is 33.0 Å². The first-order valence-corrected chi connectivity index (χ1v) is 8.23. The fraction of sp³-hybridized carbons (Fsp3) is 1.00. The highest BCUT2D eigenvalue weighted by atomic mass is 31.0. The predicted molar refractivity (Wildman–Crippen MR) is 84.0 cm³/mol. The zero-order valence-corrected chi connectivity index (χ0v) is 13.8. The number of unbranched alkanes of at least 4 members (excludes halogenated alkanes) is 1. The van der Waals surface area contributed by atoms with Crippen molar-refractivity contribution in [3.05, 3.63) is 0 Å². The summed E-state index contributed by atoms with van der Waals surface area (Å²) < 4.78 is 16.3. The maximum atomic E-state index is 5.44. The van der Waals surface area contributed by atoms with Gasteiger partial charge in [0.2, 0.25) is 0 Å². The van der Waals surface area contributed by atoms with Gasteiger partial charge < -0.3 is 19.5 Å². The Hall–Kier alpha value is 0.270. The van der Waals surface area contributed by atoms with Gasteiger partial charge in [-0.05, 0) is 31.5 Å². The molecular formula is C14H32NO3P. The molecule has 0 aromatic carbocycles. The van der Waals surface area contributed by atoms with E-state index < -0.39 is 0 Å². The standard InChI is InChI=1S/C14H32NO3P/c1-14(2)13-15-5-7-17-9-11-18-10-8-16-6-3-4-12-19/h14-15H,3-13,19H2,1-2H3. The molecule has 116 valence electrons. The molecule has 1 N–H and O–H groups in total. The van der Waals surface area contributed by atoms with E-state index in [4.69, 9.17) is 14.2 Å². The number of rotatable bonds is 15. The van der Waals surface area contributed by atoms with Crippen LogP contribution >= 0.6 is 9.24 Å². The van der Waals surface area contributed by atoms with Gasteiger partial charge in [-0.1, -0.05) is 13.8 Å². The van der Waals surface area contributed by atoms with Gasteiger partial charge >= 0.3 is 0 Å². The smallest absolute Gasteiger partial charge is 0.0701 e. The van der Waals surface area contributed by atoms with Gasteiger partial charge in [0.1, 0.15) is 0 Å². The molecule has 4 nitrogen and oxygen atoms in total. The normalized spacial score (nSPS) is 11.4. The third kappa shape index (κ3) is 18.3. The molecule has 0 rings (SSSR count). The average molecular weight is 293 g/mol. The number of ether oxygens (including phenoxy) is 3. The maximum absolute atomic E-state index is 5.44. The molecule has 0 aliphatic heterocycles. The quantitative estimate of drug-likeness (QED) is 0.370. The van der Waals surface area contributed by atoms with E-state index in [1.54, 1.807) is 0 Å². The Morgan fingerprint density at radius 2 is 1.42 bits per heavy atom. The Morgan fingerprint density at radius 3 is 2.00 bits per heavy atom. The summed E-state index contributed by atoms with van der Waals surface area (Å²) in [5.41, 5.74) is 0. The first kappa shape index (κ1) is 19.3. The SMILES string of the molecule is CC(C)CNCCOCCOCCOCCCCP. The zero-order chi connectivity index (χ0) is 14.2. The van der Waals surface area contributed by atoms with Crippen molar-refractivity contribution in [3.63, 3.8) is 0 Å². The molecule has 0 saturated carbocycles. The summed E-state index contributed by atoms with van der Waals surface area (Å²) in [5.74, 6) is 0.694. The molecule has 0 bridgehead atoms. The Balaban J connectivity index is 2.91. The summed E-state index contributed by atoms with van der Waals surface area (Å²) in [6, 6.07) is 0. The molecular weight excluding hydrogens is 261 g/mol. The van der Waals surface area contributed by atoms with Crippen molar-refractivity contribution in [1.29, 1.82) is 0 Å². The van der Waals surface area contributed by atoms with Crippen LogP contribution in [0.4, 0.5) is 0 Å². The minimum absolute atomic E-state index is 0.652. The van der Waals surface area contributed by atoms with E-state index in [9.17, 15) is 0 Å². The molecule has 0 aromatic heterocycles. The van der Waals surface area contributed by atoms with E-state index in [0.717, 1.165) is 38.9 Å². The molecule has 0 aliphatic carbocycles. The highest BCUT2D eigenvalue weighted by molar-refractivity contribution is 7.16. The van der Waals surface area contributed by atoms with Crippen molar-refractivity contribution >= 4 is 9.24 Å². The van der Waals surface area contributed by atoms with Crippen molar-refractivity contribution in [2.75, 3.05) is 58.9 Å². The van der Waals surface area contributed by atoms with Gasteiger partial charge in [0.25, 0.3) is 0 Å². The fourth-order valence-electron chi connectivity index (χ4n) is 1.43. The molecule has 1 atom stereocenters. The van der Waals surface area contributed by atoms with E-state index >= 15 is 0 Å². The molecule has 0 amide bonds. The van der Waals surface area contributed by atoms with Gasteiger partial charge in [0, 0.05) is 13.2 Å². The van der Waals surface area contributed by atoms with E-state index in [2.05, 4.69) is 28.4 Å². The number of nitrogens with one attached hydrogen (secondary N) is 1. The van der Waals surface area contributed by atoms with Crippen molar-refractivity contribution in [2.24, 2.45) is 5.92 Å². The lowest BCUT2D eigenvalue weighted by molar-refractivity contribution is 0.0146. The average Bonchev–Trinajstić information content (AvgIpc) is 2.39. The summed E-state index contributed by atoms with van der Waals surface area (Å²) >= 11 is 0. The maximum Gasteiger partial charge on any atom is 0.0701 e. The van der Waals surface area contributed by atoms with Gasteiger partial charge in [-0.3, -0.25) is 0 Å². The second-order valence-electron chi connectivity index (χ2n) is 4.93. The van der Waals surface area contributed by atoms with Crippen molar-refractivity contribution in [2.45, 2.75) is 26.7 Å². The Morgan fingerprint density at radius 1 is 0.842 bits per heavy atom. The lowest BCUT2D eigenvalue weighted by Gasteiger charge is -2.08. The van der Waals surface area contributed by atoms with Crippen molar-refractivity contribution in [1.82, 2.24) is 5.32 Å². The lowest BCUT2D eigenvalue weighted by Crippen LogP contribution is -2.24. The third-order valence-corrected chi connectivity index (χ3v) is 2.87. The van der Waals surface area contributed by atoms with Gasteiger partial charge in [-0.25, -0.2) is 0 Å². The van der Waals surface area contributed by atoms with Crippen LogP contribution in [0, 0.1) is 5.92 Å². The monoisotopic (exact) mass is 293 g/mol. The Kier molecular flexibility index (Phi) is 16.6. The summed E-state index contributed by atoms with van der Waals surface area (Å²) in [5, 5.41) is 3.33. The van der Waals surface area contributed by atoms with E-state index in [1.807, 2.05) is 0 Å². The minimum Gasteiger partial charge on any atom is -0.379 e. The van der Waals surface area contributed by atoms with Crippen LogP contribution < -0.4 is 5.32 Å². The molecule has 1 unspecified atom stereocenters. The lowest BCUT2D eigenvalue weighted by atomic mass is 10.2. The van der Waals surface area contributed by atoms with Crippen LogP contribution in [0.15, 0.2) is 0 Å². The summed E-state index contributed by atoms with van der Waals surface area (Å²) in [6.07, 6.45) is 3.50. The van der Waals surface area contributed by atoms with Gasteiger partial charge in [-0.2, -0.15) is 0 Å². The van der Waals surface area contributed by atoms with Crippen molar-refractivity contribution in [3.8, 4) is 0 Å². The summed E-state index contributed by atoms with van der Waals surface area (Å²) in [4.78, 5) is 0. The van der Waals surface area contributed by atoms with Crippen LogP contribution in [0.2, 0.25) is 0 Å². The second-order valence-corrected chi connectivity index (χ2v) is 5.51. The predicted octanol–water partition coefficient (Wildman–Crippen LogP) is 1.94. The highest BCUT2D eigenvalue weighted by Crippen LogP contribution is 1.94. The first-order chi connectivity index (χ1) is 9.27. The number of hydrogen-bond donors (Lipinski definition) is 1. The van der Waals surface area contributed by atoms with Crippen molar-refractivity contribution < 1.29 is 14.2 Å². The Bertz CT molecular complexity index is 171. The number of hydrogen-bond acceptors (Lipinski definition) is 4. The highest BCUT2D eigenvalue weighted by Gasteiger charge is 1.94. The topological polar surface area (TPSA) is 39.7 Å². The molecule has 0 aromatic rings. The molecule has 0 saturated heterocycles. The van der Waals surface area contributed by atoms with Crippen LogP contribution in [-0.4, -0.2) is 58.9 Å². The largest absolute Gasteiger partial charge is 0.379 e. The third-order valence-electron chi connectivity index (χ3n) is 2.46. The van der Waals surface area contributed by atoms with E-state index in [1.165, 1.54) is 6.42 Å². The van der Waals surface area contributed by atoms with Gasteiger partial charge in [0.15, 0.2) is 0 Å². The molecule has 0 radical (unpaired) electrons. The second kappa shape index (κ2) is 16.3. The molecule has 0 heterocycles. The summed E-state index contributed by atoms with van der Waals surface area (Å²) in [6.45, 7) is 10.6. The van der Waals surface area contributed by atoms with Gasteiger partial charge in [-0.15, -0.1) is 9.24 Å². The molecule has 0 fully saturated rings. The molecule has 0 aliphatic rings. The van der Waals surface area contributed by atoms with E-state index in [-0.39, 0.29) is 0 Å². The summed E-state index contributed by atoms with van der Waals surface area (Å²) in [7, 11) is 2.73. The molecule has 0 spiro atoms. The zero-order valence-electron chi connectivity index (χ0n) is 12.7. The van der Waals surface area contributed by atoms with Crippen LogP contribution in [0.5, 0.6) is 0 Å². The van der Waals surface area contributed by atoms with Crippen LogP contribution in [0.3, 0.4) is 0 Å². The van der Waals surface area contributed by atoms with Crippen LogP contribution in [0.1, 0.15) is 26.7 Å². The van der Waals surface area contributed by atoms with E-state index in [0.29, 0.717) is 32.3 Å². The molecule has 5 heteroatoms. The minimum atomic E-state index is 0.652. The van der Waals surface area contributed by atoms with Crippen LogP contribution in [0.25, 0.3) is 0 Å².